The number of carbonyl (C=O) groups excluding carboxylic acids is 1. The molecular weight excluding hydrogens is 184 g/mol. The van der Waals surface area contributed by atoms with Crippen molar-refractivity contribution in [2.24, 2.45) is 0 Å². The van der Waals surface area contributed by atoms with Gasteiger partial charge in [0.2, 0.25) is 0 Å². The molecule has 14 heavy (non-hydrogen) atoms. The lowest BCUT2D eigenvalue weighted by molar-refractivity contribution is 0.111. The molecule has 0 aliphatic rings. The van der Waals surface area contributed by atoms with Crippen LogP contribution in [-0.4, -0.2) is 21.4 Å². The van der Waals surface area contributed by atoms with Gasteiger partial charge in [-0.3, -0.25) is 9.59 Å². The minimum Gasteiger partial charge on any atom is -0.508 e. The van der Waals surface area contributed by atoms with Crippen LogP contribution in [0.5, 0.6) is 5.75 Å². The van der Waals surface area contributed by atoms with Crippen molar-refractivity contribution in [3.63, 3.8) is 0 Å². The number of carbonyl (C=O) groups is 1. The Labute approximate surface area is 78.0 Å². The summed E-state index contributed by atoms with van der Waals surface area (Å²) in [5.41, 5.74) is -0.0899. The molecular formula is C9H6N2O3. The second-order valence-electron chi connectivity index (χ2n) is 2.77. The highest BCUT2D eigenvalue weighted by Gasteiger charge is 2.03. The normalized spacial score (nSPS) is 10.3. The summed E-state index contributed by atoms with van der Waals surface area (Å²) in [6.07, 6.45) is 0.449. The van der Waals surface area contributed by atoms with E-state index in [1.54, 1.807) is 0 Å². The SMILES string of the molecule is O=Cc1nc2cc(O)ccc2c(=O)[nH]1. The first-order valence-electron chi connectivity index (χ1n) is 3.89. The number of fused-ring (bicyclic) bond motifs is 1. The Hall–Kier alpha value is -2.17. The molecule has 0 bridgehead atoms. The van der Waals surface area contributed by atoms with E-state index in [0.717, 1.165) is 0 Å². The summed E-state index contributed by atoms with van der Waals surface area (Å²) in [7, 11) is 0. The van der Waals surface area contributed by atoms with E-state index >= 15 is 0 Å². The van der Waals surface area contributed by atoms with Crippen LogP contribution < -0.4 is 5.56 Å². The molecule has 1 aromatic heterocycles. The average molecular weight is 190 g/mol. The number of aldehydes is 1. The molecule has 2 N–H and O–H groups in total. The van der Waals surface area contributed by atoms with Gasteiger partial charge in [-0.15, -0.1) is 0 Å². The number of hydrogen-bond acceptors (Lipinski definition) is 4. The van der Waals surface area contributed by atoms with Crippen LogP contribution in [-0.2, 0) is 0 Å². The third-order valence-electron chi connectivity index (χ3n) is 1.82. The van der Waals surface area contributed by atoms with Gasteiger partial charge in [-0.2, -0.15) is 0 Å². The highest BCUT2D eigenvalue weighted by Crippen LogP contribution is 2.14. The molecule has 0 atom stereocenters. The van der Waals surface area contributed by atoms with E-state index in [2.05, 4.69) is 9.97 Å². The zero-order valence-electron chi connectivity index (χ0n) is 7.02. The monoisotopic (exact) mass is 190 g/mol. The van der Waals surface area contributed by atoms with E-state index in [-0.39, 0.29) is 11.6 Å². The van der Waals surface area contributed by atoms with Gasteiger partial charge in [0.05, 0.1) is 10.9 Å². The van der Waals surface area contributed by atoms with Crippen molar-refractivity contribution in [2.75, 3.05) is 0 Å². The van der Waals surface area contributed by atoms with Crippen molar-refractivity contribution in [3.05, 3.63) is 34.4 Å². The minimum absolute atomic E-state index is 0.00690. The third kappa shape index (κ3) is 1.24. The van der Waals surface area contributed by atoms with Gasteiger partial charge in [0, 0.05) is 6.07 Å². The number of aromatic amines is 1. The summed E-state index contributed by atoms with van der Waals surface area (Å²) in [5, 5.41) is 9.49. The summed E-state index contributed by atoms with van der Waals surface area (Å²) in [5.74, 6) is -0.0412. The predicted molar refractivity (Wildman–Crippen MR) is 49.4 cm³/mol. The van der Waals surface area contributed by atoms with Gasteiger partial charge in [0.25, 0.3) is 5.56 Å². The molecule has 0 radical (unpaired) electrons. The Kier molecular flexibility index (Phi) is 1.78. The van der Waals surface area contributed by atoms with E-state index < -0.39 is 5.56 Å². The van der Waals surface area contributed by atoms with Crippen LogP contribution in [0.25, 0.3) is 10.9 Å². The summed E-state index contributed by atoms with van der Waals surface area (Å²) < 4.78 is 0. The van der Waals surface area contributed by atoms with Gasteiger partial charge in [0.1, 0.15) is 5.75 Å². The fourth-order valence-electron chi connectivity index (χ4n) is 1.20. The minimum atomic E-state index is -0.392. The Morgan fingerprint density at radius 1 is 1.43 bits per heavy atom. The first-order chi connectivity index (χ1) is 6.70. The molecule has 5 nitrogen and oxygen atoms in total. The van der Waals surface area contributed by atoms with Gasteiger partial charge < -0.3 is 10.1 Å². The lowest BCUT2D eigenvalue weighted by Crippen LogP contribution is -2.11. The molecule has 2 rings (SSSR count). The lowest BCUT2D eigenvalue weighted by atomic mass is 10.2. The number of aromatic hydroxyl groups is 1. The maximum absolute atomic E-state index is 11.3. The maximum Gasteiger partial charge on any atom is 0.259 e. The molecule has 0 spiro atoms. The summed E-state index contributed by atoms with van der Waals surface area (Å²) in [6, 6.07) is 4.17. The molecule has 0 amide bonds. The van der Waals surface area contributed by atoms with E-state index in [0.29, 0.717) is 17.2 Å². The van der Waals surface area contributed by atoms with Crippen LogP contribution in [0.15, 0.2) is 23.0 Å². The van der Waals surface area contributed by atoms with E-state index in [1.165, 1.54) is 18.2 Å². The smallest absolute Gasteiger partial charge is 0.259 e. The zero-order chi connectivity index (χ0) is 10.1. The number of nitrogens with one attached hydrogen (secondary N) is 1. The van der Waals surface area contributed by atoms with Gasteiger partial charge in [-0.05, 0) is 12.1 Å². The number of benzene rings is 1. The standard InChI is InChI=1S/C9H6N2O3/c12-4-8-10-7-3-5(13)1-2-6(7)9(14)11-8/h1-4,13H,(H,10,11,14). The molecule has 2 aromatic rings. The number of aromatic nitrogens is 2. The molecule has 0 fully saturated rings. The molecule has 70 valence electrons. The van der Waals surface area contributed by atoms with Crippen LogP contribution in [0.2, 0.25) is 0 Å². The number of rotatable bonds is 1. The second kappa shape index (κ2) is 2.95. The highest BCUT2D eigenvalue weighted by molar-refractivity contribution is 5.81. The predicted octanol–water partition coefficient (Wildman–Crippen LogP) is 0.441. The lowest BCUT2D eigenvalue weighted by Gasteiger charge is -1.97. The van der Waals surface area contributed by atoms with E-state index in [1.807, 2.05) is 0 Å². The van der Waals surface area contributed by atoms with Crippen molar-refractivity contribution in [2.45, 2.75) is 0 Å². The molecule has 0 unspecified atom stereocenters. The third-order valence-corrected chi connectivity index (χ3v) is 1.82. The van der Waals surface area contributed by atoms with Crippen LogP contribution in [0.4, 0.5) is 0 Å². The van der Waals surface area contributed by atoms with Crippen LogP contribution in [0.3, 0.4) is 0 Å². The van der Waals surface area contributed by atoms with Crippen LogP contribution >= 0.6 is 0 Å². The number of phenols is 1. The van der Waals surface area contributed by atoms with Crippen molar-refractivity contribution in [3.8, 4) is 5.75 Å². The number of H-pyrrole nitrogens is 1. The molecule has 0 aliphatic heterocycles. The van der Waals surface area contributed by atoms with Gasteiger partial charge in [0.15, 0.2) is 12.1 Å². The fourth-order valence-corrected chi connectivity index (χ4v) is 1.20. The highest BCUT2D eigenvalue weighted by atomic mass is 16.3. The largest absolute Gasteiger partial charge is 0.508 e. The molecule has 1 aromatic carbocycles. The Balaban J connectivity index is 2.90. The zero-order valence-corrected chi connectivity index (χ0v) is 7.02. The Morgan fingerprint density at radius 3 is 2.93 bits per heavy atom. The van der Waals surface area contributed by atoms with Crippen molar-refractivity contribution in [1.29, 1.82) is 0 Å². The molecule has 0 aliphatic carbocycles. The number of hydrogen-bond donors (Lipinski definition) is 2. The first kappa shape index (κ1) is 8.43. The summed E-state index contributed by atoms with van der Waals surface area (Å²) in [6.45, 7) is 0. The topological polar surface area (TPSA) is 83.0 Å². The number of nitrogens with zero attached hydrogens (tertiary/aromatic N) is 1. The summed E-state index contributed by atoms with van der Waals surface area (Å²) >= 11 is 0. The molecule has 1 heterocycles. The van der Waals surface area contributed by atoms with Gasteiger partial charge >= 0.3 is 0 Å². The fraction of sp³-hybridized carbons (Fsp3) is 0. The van der Waals surface area contributed by atoms with Crippen LogP contribution in [0, 0.1) is 0 Å². The molecule has 0 saturated carbocycles. The van der Waals surface area contributed by atoms with Gasteiger partial charge in [-0.1, -0.05) is 0 Å². The first-order valence-corrected chi connectivity index (χ1v) is 3.89. The van der Waals surface area contributed by atoms with Crippen LogP contribution in [0.1, 0.15) is 10.6 Å². The van der Waals surface area contributed by atoms with Gasteiger partial charge in [-0.25, -0.2) is 4.98 Å². The average Bonchev–Trinajstić information content (AvgIpc) is 2.16. The molecule has 0 saturated heterocycles. The van der Waals surface area contributed by atoms with Crippen molar-refractivity contribution < 1.29 is 9.90 Å². The quantitative estimate of drug-likeness (QED) is 0.639. The Bertz CT molecular complexity index is 559. The Morgan fingerprint density at radius 2 is 2.21 bits per heavy atom. The molecule has 5 heteroatoms. The second-order valence-corrected chi connectivity index (χ2v) is 2.77. The summed E-state index contributed by atoms with van der Waals surface area (Å²) in [4.78, 5) is 27.9. The van der Waals surface area contributed by atoms with Crippen molar-refractivity contribution in [1.82, 2.24) is 9.97 Å². The van der Waals surface area contributed by atoms with Crippen molar-refractivity contribution >= 4 is 17.2 Å². The maximum atomic E-state index is 11.3. The number of phenolic OH excluding ortho intramolecular Hbond substituents is 1. The van der Waals surface area contributed by atoms with E-state index in [4.69, 9.17) is 5.11 Å². The van der Waals surface area contributed by atoms with E-state index in [9.17, 15) is 9.59 Å².